The molecule has 42 heavy (non-hydrogen) atoms. The average Bonchev–Trinajstić information content (AvgIpc) is 2.92. The van der Waals surface area contributed by atoms with Crippen LogP contribution in [0.4, 0.5) is 5.69 Å². The van der Waals surface area contributed by atoms with Crippen LogP contribution in [0.2, 0.25) is 0 Å². The number of sulfonamides is 1. The number of nitrogens with one attached hydrogen (secondary N) is 1. The third-order valence-electron chi connectivity index (χ3n) is 6.70. The summed E-state index contributed by atoms with van der Waals surface area (Å²) in [5.41, 5.74) is 2.89. The van der Waals surface area contributed by atoms with E-state index < -0.39 is 21.6 Å². The van der Waals surface area contributed by atoms with Crippen LogP contribution in [0, 0.1) is 6.92 Å². The molecule has 0 aliphatic carbocycles. The summed E-state index contributed by atoms with van der Waals surface area (Å²) in [6.45, 7) is 8.08. The van der Waals surface area contributed by atoms with Crippen molar-refractivity contribution in [1.82, 2.24) is 10.2 Å². The second-order valence-corrected chi connectivity index (χ2v) is 13.5. The summed E-state index contributed by atoms with van der Waals surface area (Å²) in [6, 6.07) is 23.6. The van der Waals surface area contributed by atoms with Gasteiger partial charge in [0.05, 0.1) is 19.1 Å². The summed E-state index contributed by atoms with van der Waals surface area (Å²) >= 11 is 0. The number of hydrogen-bond acceptors (Lipinski definition) is 5. The van der Waals surface area contributed by atoms with E-state index in [-0.39, 0.29) is 37.7 Å². The molecule has 0 aliphatic rings. The molecule has 3 aromatic carbocycles. The zero-order chi connectivity index (χ0) is 30.9. The molecule has 0 aromatic heterocycles. The van der Waals surface area contributed by atoms with Gasteiger partial charge in [0, 0.05) is 37.5 Å². The van der Waals surface area contributed by atoms with Gasteiger partial charge in [0.1, 0.15) is 11.8 Å². The normalized spacial score (nSPS) is 12.3. The number of carbonyl (C=O) groups is 2. The van der Waals surface area contributed by atoms with Crippen molar-refractivity contribution in [3.63, 3.8) is 0 Å². The lowest BCUT2D eigenvalue weighted by Gasteiger charge is -2.34. The highest BCUT2D eigenvalue weighted by molar-refractivity contribution is 7.92. The van der Waals surface area contributed by atoms with Crippen molar-refractivity contribution >= 4 is 27.5 Å². The molecule has 226 valence electrons. The largest absolute Gasteiger partial charge is 0.497 e. The SMILES string of the molecule is COc1cccc(N(CCCC(=O)N(Cc2cccc(C)c2)[C@@H](Cc2ccccc2)C(=O)NC(C)(C)C)S(C)(=O)=O)c1. The molecule has 0 spiro atoms. The van der Waals surface area contributed by atoms with E-state index in [4.69, 9.17) is 4.74 Å². The molecule has 0 heterocycles. The van der Waals surface area contributed by atoms with Crippen molar-refractivity contribution < 1.29 is 22.7 Å². The van der Waals surface area contributed by atoms with Gasteiger partial charge in [-0.05, 0) is 57.4 Å². The lowest BCUT2D eigenvalue weighted by atomic mass is 10.00. The molecule has 0 radical (unpaired) electrons. The molecule has 1 atom stereocenters. The van der Waals surface area contributed by atoms with Gasteiger partial charge >= 0.3 is 0 Å². The molecule has 0 unspecified atom stereocenters. The first-order valence-electron chi connectivity index (χ1n) is 14.1. The fraction of sp³-hybridized carbons (Fsp3) is 0.394. The maximum Gasteiger partial charge on any atom is 0.243 e. The molecule has 0 fully saturated rings. The molecule has 1 N–H and O–H groups in total. The van der Waals surface area contributed by atoms with Crippen LogP contribution in [-0.2, 0) is 32.6 Å². The van der Waals surface area contributed by atoms with Gasteiger partial charge in [-0.1, -0.05) is 66.2 Å². The Bertz CT molecular complexity index is 1450. The first kappa shape index (κ1) is 32.7. The van der Waals surface area contributed by atoms with Crippen LogP contribution >= 0.6 is 0 Å². The van der Waals surface area contributed by atoms with Gasteiger partial charge in [0.25, 0.3) is 0 Å². The summed E-state index contributed by atoms with van der Waals surface area (Å²) in [5.74, 6) is 0.0808. The Kier molecular flexibility index (Phi) is 11.2. The second-order valence-electron chi connectivity index (χ2n) is 11.6. The Balaban J connectivity index is 1.91. The number of methoxy groups -OCH3 is 1. The van der Waals surface area contributed by atoms with Gasteiger partial charge < -0.3 is 15.0 Å². The fourth-order valence-corrected chi connectivity index (χ4v) is 5.74. The smallest absolute Gasteiger partial charge is 0.243 e. The fourth-order valence-electron chi connectivity index (χ4n) is 4.78. The minimum absolute atomic E-state index is 0.0654. The number of rotatable bonds is 13. The number of aryl methyl sites for hydroxylation is 1. The first-order chi connectivity index (χ1) is 19.8. The molecule has 0 bridgehead atoms. The standard InChI is InChI=1S/C33H43N3O5S/c1-25-13-10-16-27(21-25)24-35(30(32(38)34-33(2,3)4)22-26-14-8-7-9-15-26)31(37)19-12-20-36(42(6,39)40)28-17-11-18-29(23-28)41-5/h7-11,13-18,21,23,30H,12,19-20,22,24H2,1-6H3,(H,34,38)/t30-/m0/s1. The summed E-state index contributed by atoms with van der Waals surface area (Å²) in [7, 11) is -2.10. The Morgan fingerprint density at radius 3 is 2.21 bits per heavy atom. The maximum absolute atomic E-state index is 14.0. The highest BCUT2D eigenvalue weighted by Crippen LogP contribution is 2.24. The monoisotopic (exact) mass is 593 g/mol. The Hall–Kier alpha value is -3.85. The molecule has 0 aliphatic heterocycles. The van der Waals surface area contributed by atoms with Crippen molar-refractivity contribution in [3.8, 4) is 5.75 Å². The topological polar surface area (TPSA) is 96.0 Å². The van der Waals surface area contributed by atoms with Crippen LogP contribution < -0.4 is 14.4 Å². The first-order valence-corrected chi connectivity index (χ1v) is 15.9. The minimum Gasteiger partial charge on any atom is -0.497 e. The Morgan fingerprint density at radius 1 is 0.929 bits per heavy atom. The highest BCUT2D eigenvalue weighted by Gasteiger charge is 2.32. The van der Waals surface area contributed by atoms with Crippen molar-refractivity contribution in [2.75, 3.05) is 24.2 Å². The average molecular weight is 594 g/mol. The van der Waals surface area contributed by atoms with Crippen molar-refractivity contribution in [2.24, 2.45) is 0 Å². The lowest BCUT2D eigenvalue weighted by molar-refractivity contribution is -0.142. The zero-order valence-electron chi connectivity index (χ0n) is 25.5. The molecule has 0 saturated heterocycles. The summed E-state index contributed by atoms with van der Waals surface area (Å²) in [6.07, 6.45) is 1.83. The highest BCUT2D eigenvalue weighted by atomic mass is 32.2. The van der Waals surface area contributed by atoms with E-state index in [1.54, 1.807) is 29.2 Å². The van der Waals surface area contributed by atoms with Crippen molar-refractivity contribution in [2.45, 2.75) is 65.1 Å². The molecule has 9 heteroatoms. The van der Waals surface area contributed by atoms with E-state index in [0.717, 1.165) is 22.9 Å². The van der Waals surface area contributed by atoms with Crippen LogP contribution in [0.15, 0.2) is 78.9 Å². The minimum atomic E-state index is -3.62. The van der Waals surface area contributed by atoms with Gasteiger partial charge in [-0.2, -0.15) is 0 Å². The zero-order valence-corrected chi connectivity index (χ0v) is 26.3. The van der Waals surface area contributed by atoms with Crippen LogP contribution in [0.5, 0.6) is 5.75 Å². The third-order valence-corrected chi connectivity index (χ3v) is 7.89. The molecule has 0 saturated carbocycles. The number of nitrogens with zero attached hydrogens (tertiary/aromatic N) is 2. The molecule has 2 amide bonds. The number of hydrogen-bond donors (Lipinski definition) is 1. The molecular weight excluding hydrogens is 550 g/mol. The lowest BCUT2D eigenvalue weighted by Crippen LogP contribution is -2.54. The van der Waals surface area contributed by atoms with Crippen LogP contribution in [0.1, 0.15) is 50.3 Å². The summed E-state index contributed by atoms with van der Waals surface area (Å²) in [5, 5.41) is 3.07. The van der Waals surface area contributed by atoms with E-state index in [9.17, 15) is 18.0 Å². The van der Waals surface area contributed by atoms with E-state index in [0.29, 0.717) is 17.9 Å². The van der Waals surface area contributed by atoms with Gasteiger partial charge in [-0.3, -0.25) is 13.9 Å². The number of carbonyl (C=O) groups excluding carboxylic acids is 2. The number of amides is 2. The van der Waals surface area contributed by atoms with Gasteiger partial charge in [-0.25, -0.2) is 8.42 Å². The molecule has 3 aromatic rings. The third kappa shape index (κ3) is 9.91. The molecule has 8 nitrogen and oxygen atoms in total. The summed E-state index contributed by atoms with van der Waals surface area (Å²) in [4.78, 5) is 29.3. The Labute approximate surface area is 250 Å². The van der Waals surface area contributed by atoms with Gasteiger partial charge in [-0.15, -0.1) is 0 Å². The van der Waals surface area contributed by atoms with Crippen molar-refractivity contribution in [3.05, 3.63) is 95.6 Å². The predicted octanol–water partition coefficient (Wildman–Crippen LogP) is 5.10. The summed E-state index contributed by atoms with van der Waals surface area (Å²) < 4.78 is 31.9. The van der Waals surface area contributed by atoms with Crippen LogP contribution in [0.3, 0.4) is 0 Å². The van der Waals surface area contributed by atoms with Crippen molar-refractivity contribution in [1.29, 1.82) is 0 Å². The van der Waals surface area contributed by atoms with Crippen LogP contribution in [0.25, 0.3) is 0 Å². The molecule has 3 rings (SSSR count). The van der Waals surface area contributed by atoms with E-state index in [2.05, 4.69) is 5.32 Å². The van der Waals surface area contributed by atoms with E-state index in [1.807, 2.05) is 82.3 Å². The number of ether oxygens (including phenoxy) is 1. The maximum atomic E-state index is 14.0. The number of benzene rings is 3. The molecular formula is C33H43N3O5S. The van der Waals surface area contributed by atoms with E-state index >= 15 is 0 Å². The van der Waals surface area contributed by atoms with Gasteiger partial charge in [0.2, 0.25) is 21.8 Å². The second kappa shape index (κ2) is 14.4. The predicted molar refractivity (Wildman–Crippen MR) is 168 cm³/mol. The Morgan fingerprint density at radius 2 is 1.60 bits per heavy atom. The number of anilines is 1. The van der Waals surface area contributed by atoms with Gasteiger partial charge in [0.15, 0.2) is 0 Å². The van der Waals surface area contributed by atoms with Crippen LogP contribution in [-0.4, -0.2) is 56.6 Å². The quantitative estimate of drug-likeness (QED) is 0.297. The van der Waals surface area contributed by atoms with E-state index in [1.165, 1.54) is 11.4 Å².